The van der Waals surface area contributed by atoms with Crippen molar-refractivity contribution in [1.29, 1.82) is 0 Å². The van der Waals surface area contributed by atoms with Gasteiger partial charge in [0.05, 0.1) is 0 Å². The second kappa shape index (κ2) is 3.73. The summed E-state index contributed by atoms with van der Waals surface area (Å²) in [4.78, 5) is 11.0. The number of carboxylic acid groups (broad SMARTS) is 1. The molecule has 0 aliphatic heterocycles. The molecule has 76 valence electrons. The van der Waals surface area contributed by atoms with Crippen molar-refractivity contribution >= 4 is 12.0 Å². The van der Waals surface area contributed by atoms with E-state index in [9.17, 15) is 4.79 Å². The fraction of sp³-hybridized carbons (Fsp3) is 0.154. The van der Waals surface area contributed by atoms with Gasteiger partial charge in [-0.25, -0.2) is 4.79 Å². The molecule has 1 aromatic carbocycles. The van der Waals surface area contributed by atoms with Crippen molar-refractivity contribution in [2.75, 3.05) is 0 Å². The molecule has 1 aromatic rings. The van der Waals surface area contributed by atoms with Crippen LogP contribution in [0.5, 0.6) is 0 Å². The summed E-state index contributed by atoms with van der Waals surface area (Å²) >= 11 is 0. The first-order valence-electron chi connectivity index (χ1n) is 4.90. The van der Waals surface area contributed by atoms with E-state index in [-0.39, 0.29) is 5.92 Å². The topological polar surface area (TPSA) is 37.3 Å². The van der Waals surface area contributed by atoms with Gasteiger partial charge in [0.25, 0.3) is 0 Å². The maximum atomic E-state index is 11.0. The summed E-state index contributed by atoms with van der Waals surface area (Å²) in [6.45, 7) is 1.76. The van der Waals surface area contributed by atoms with E-state index in [1.807, 2.05) is 36.4 Å². The molecule has 0 aromatic heterocycles. The lowest BCUT2D eigenvalue weighted by Gasteiger charge is -2.11. The van der Waals surface area contributed by atoms with Crippen LogP contribution >= 0.6 is 0 Å². The van der Waals surface area contributed by atoms with Gasteiger partial charge in [-0.15, -0.1) is 0 Å². The molecule has 1 aliphatic carbocycles. The molecule has 1 unspecified atom stereocenters. The number of fused-ring (bicyclic) bond motifs is 1. The normalized spacial score (nSPS) is 19.0. The van der Waals surface area contributed by atoms with Crippen LogP contribution in [0.1, 0.15) is 24.0 Å². The third-order valence-corrected chi connectivity index (χ3v) is 2.69. The zero-order chi connectivity index (χ0) is 10.8. The van der Waals surface area contributed by atoms with Crippen molar-refractivity contribution in [3.05, 3.63) is 53.1 Å². The van der Waals surface area contributed by atoms with Crippen molar-refractivity contribution in [2.24, 2.45) is 0 Å². The van der Waals surface area contributed by atoms with Gasteiger partial charge in [-0.3, -0.25) is 0 Å². The molecule has 1 aliphatic rings. The van der Waals surface area contributed by atoms with E-state index in [1.54, 1.807) is 13.0 Å². The monoisotopic (exact) mass is 200 g/mol. The molecule has 15 heavy (non-hydrogen) atoms. The minimum atomic E-state index is -0.844. The van der Waals surface area contributed by atoms with Crippen LogP contribution in [0.15, 0.2) is 42.0 Å². The van der Waals surface area contributed by atoms with Gasteiger partial charge in [0.2, 0.25) is 0 Å². The lowest BCUT2D eigenvalue weighted by molar-refractivity contribution is -0.132. The van der Waals surface area contributed by atoms with Gasteiger partial charge in [-0.1, -0.05) is 42.5 Å². The Morgan fingerprint density at radius 1 is 1.40 bits per heavy atom. The predicted molar refractivity (Wildman–Crippen MR) is 59.6 cm³/mol. The summed E-state index contributed by atoms with van der Waals surface area (Å²) < 4.78 is 0. The summed E-state index contributed by atoms with van der Waals surface area (Å²) in [5.74, 6) is -0.937. The predicted octanol–water partition coefficient (Wildman–Crippen LogP) is 2.83. The number of rotatable bonds is 2. The minimum Gasteiger partial charge on any atom is -0.478 e. The average Bonchev–Trinajstić information content (AvgIpc) is 2.63. The first-order valence-corrected chi connectivity index (χ1v) is 4.90. The number of hydrogen-bond donors (Lipinski definition) is 1. The number of benzene rings is 1. The van der Waals surface area contributed by atoms with Gasteiger partial charge < -0.3 is 5.11 Å². The van der Waals surface area contributed by atoms with Gasteiger partial charge in [0.1, 0.15) is 0 Å². The van der Waals surface area contributed by atoms with Crippen molar-refractivity contribution in [1.82, 2.24) is 0 Å². The molecule has 0 saturated heterocycles. The highest BCUT2D eigenvalue weighted by atomic mass is 16.4. The van der Waals surface area contributed by atoms with Crippen molar-refractivity contribution in [2.45, 2.75) is 12.8 Å². The van der Waals surface area contributed by atoms with E-state index in [0.717, 1.165) is 11.1 Å². The van der Waals surface area contributed by atoms with Crippen LogP contribution in [0.2, 0.25) is 0 Å². The van der Waals surface area contributed by atoms with Gasteiger partial charge in [-0.2, -0.15) is 0 Å². The molecule has 0 radical (unpaired) electrons. The summed E-state index contributed by atoms with van der Waals surface area (Å²) in [5, 5.41) is 9.06. The van der Waals surface area contributed by atoms with E-state index in [4.69, 9.17) is 5.11 Å². The van der Waals surface area contributed by atoms with Crippen LogP contribution in [0.25, 0.3) is 6.08 Å². The molecule has 1 N–H and O–H groups in total. The molecule has 2 nitrogen and oxygen atoms in total. The quantitative estimate of drug-likeness (QED) is 0.745. The fourth-order valence-electron chi connectivity index (χ4n) is 1.96. The number of carbonyl (C=O) groups is 1. The third kappa shape index (κ3) is 1.59. The van der Waals surface area contributed by atoms with E-state index >= 15 is 0 Å². The summed E-state index contributed by atoms with van der Waals surface area (Å²) in [6.07, 6.45) is 5.58. The largest absolute Gasteiger partial charge is 0.478 e. The van der Waals surface area contributed by atoms with Gasteiger partial charge >= 0.3 is 5.97 Å². The van der Waals surface area contributed by atoms with Crippen LogP contribution in [-0.4, -0.2) is 11.1 Å². The molecule has 1 atom stereocenters. The molecule has 2 rings (SSSR count). The number of aliphatic carboxylic acids is 1. The Kier molecular flexibility index (Phi) is 2.42. The van der Waals surface area contributed by atoms with Crippen LogP contribution in [0, 0.1) is 0 Å². The number of allylic oxidation sites excluding steroid dienone is 2. The van der Waals surface area contributed by atoms with Gasteiger partial charge in [0.15, 0.2) is 0 Å². The molecular weight excluding hydrogens is 188 g/mol. The fourth-order valence-corrected chi connectivity index (χ4v) is 1.96. The Bertz CT molecular complexity index is 455. The standard InChI is InChI=1S/C13H12O2/c1-2-10(13(14)15)12-8-7-9-5-3-4-6-11(9)12/h2-8,12H,1H3,(H,14,15)/b10-2+. The molecule has 2 heteroatoms. The molecule has 0 saturated carbocycles. The summed E-state index contributed by atoms with van der Waals surface area (Å²) in [7, 11) is 0. The Labute approximate surface area is 88.6 Å². The van der Waals surface area contributed by atoms with Crippen molar-refractivity contribution in [3.8, 4) is 0 Å². The molecule has 0 fully saturated rings. The van der Waals surface area contributed by atoms with Gasteiger partial charge in [-0.05, 0) is 18.1 Å². The first-order chi connectivity index (χ1) is 7.24. The van der Waals surface area contributed by atoms with Gasteiger partial charge in [0, 0.05) is 11.5 Å². The lowest BCUT2D eigenvalue weighted by atomic mass is 9.93. The zero-order valence-electron chi connectivity index (χ0n) is 8.47. The van der Waals surface area contributed by atoms with E-state index < -0.39 is 5.97 Å². The maximum absolute atomic E-state index is 11.0. The Morgan fingerprint density at radius 2 is 2.13 bits per heavy atom. The van der Waals surface area contributed by atoms with E-state index in [1.165, 1.54) is 0 Å². The SMILES string of the molecule is C/C=C(/C(=O)O)C1C=Cc2ccccc21. The second-order valence-corrected chi connectivity index (χ2v) is 3.51. The average molecular weight is 200 g/mol. The smallest absolute Gasteiger partial charge is 0.332 e. The minimum absolute atomic E-state index is 0.0938. The molecule has 0 spiro atoms. The van der Waals surface area contributed by atoms with Crippen molar-refractivity contribution in [3.63, 3.8) is 0 Å². The highest BCUT2D eigenvalue weighted by molar-refractivity contribution is 5.90. The van der Waals surface area contributed by atoms with E-state index in [2.05, 4.69) is 0 Å². The summed E-state index contributed by atoms with van der Waals surface area (Å²) in [6, 6.07) is 7.88. The molecule has 0 bridgehead atoms. The highest BCUT2D eigenvalue weighted by Crippen LogP contribution is 2.35. The maximum Gasteiger partial charge on any atom is 0.332 e. The first kappa shape index (κ1) is 9.71. The molecular formula is C13H12O2. The molecule has 0 heterocycles. The van der Waals surface area contributed by atoms with Crippen LogP contribution in [-0.2, 0) is 4.79 Å². The van der Waals surface area contributed by atoms with Crippen LogP contribution in [0.3, 0.4) is 0 Å². The second-order valence-electron chi connectivity index (χ2n) is 3.51. The number of hydrogen-bond acceptors (Lipinski definition) is 1. The Hall–Kier alpha value is -1.83. The lowest BCUT2D eigenvalue weighted by Crippen LogP contribution is -2.08. The Balaban J connectivity index is 2.44. The molecule has 0 amide bonds. The zero-order valence-corrected chi connectivity index (χ0v) is 8.47. The highest BCUT2D eigenvalue weighted by Gasteiger charge is 2.23. The van der Waals surface area contributed by atoms with Crippen LogP contribution in [0.4, 0.5) is 0 Å². The third-order valence-electron chi connectivity index (χ3n) is 2.69. The van der Waals surface area contributed by atoms with Crippen molar-refractivity contribution < 1.29 is 9.90 Å². The summed E-state index contributed by atoms with van der Waals surface area (Å²) in [5.41, 5.74) is 2.63. The van der Waals surface area contributed by atoms with E-state index in [0.29, 0.717) is 5.57 Å². The Morgan fingerprint density at radius 3 is 2.80 bits per heavy atom. The van der Waals surface area contributed by atoms with Crippen LogP contribution < -0.4 is 0 Å². The number of carboxylic acids is 1.